The van der Waals surface area contributed by atoms with Crippen LogP contribution in [-0.4, -0.2) is 11.4 Å². The largest absolute Gasteiger partial charge is 0.359 e. The summed E-state index contributed by atoms with van der Waals surface area (Å²) >= 11 is 3.37. The zero-order chi connectivity index (χ0) is 13.2. The molecule has 2 aromatic carbocycles. The molecule has 0 bridgehead atoms. The van der Waals surface area contributed by atoms with Gasteiger partial charge in [0.1, 0.15) is 0 Å². The molecule has 0 N–H and O–H groups in total. The smallest absolute Gasteiger partial charge is 0.249 e. The van der Waals surface area contributed by atoms with E-state index in [1.54, 1.807) is 24.4 Å². The quantitative estimate of drug-likeness (QED) is 0.539. The van der Waals surface area contributed by atoms with Crippen LogP contribution in [0.25, 0.3) is 11.0 Å². The molecule has 3 aromatic rings. The monoisotopic (exact) mass is 317 g/mol. The first kappa shape index (κ1) is 11.9. The van der Waals surface area contributed by atoms with Gasteiger partial charge in [-0.2, -0.15) is 0 Å². The van der Waals surface area contributed by atoms with Gasteiger partial charge in [-0.3, -0.25) is 9.62 Å². The summed E-state index contributed by atoms with van der Waals surface area (Å²) in [5, 5.41) is 14.8. The van der Waals surface area contributed by atoms with Gasteiger partial charge in [-0.05, 0) is 46.9 Å². The Balaban J connectivity index is 1.90. The molecule has 0 aliphatic heterocycles. The maximum absolute atomic E-state index is 11.2. The van der Waals surface area contributed by atoms with Crippen molar-refractivity contribution in [1.82, 2.24) is 5.16 Å². The number of halogens is 1. The topological polar surface area (TPSA) is 65.3 Å². The molecular weight excluding hydrogens is 310 g/mol. The number of hydrogen-bond donors (Lipinski definition) is 0. The molecule has 0 saturated heterocycles. The van der Waals surface area contributed by atoms with E-state index in [4.69, 9.17) is 0 Å². The van der Waals surface area contributed by atoms with Crippen molar-refractivity contribution in [2.45, 2.75) is 0 Å². The molecule has 19 heavy (non-hydrogen) atoms. The molecule has 0 radical (unpaired) electrons. The molecule has 0 aliphatic carbocycles. The number of fused-ring (bicyclic) bond motifs is 1. The van der Waals surface area contributed by atoms with Gasteiger partial charge in [0.2, 0.25) is 11.0 Å². The molecule has 0 atom stereocenters. The van der Waals surface area contributed by atoms with Crippen molar-refractivity contribution in [2.24, 2.45) is 4.99 Å². The van der Waals surface area contributed by atoms with Crippen molar-refractivity contribution < 1.29 is 9.53 Å². The summed E-state index contributed by atoms with van der Waals surface area (Å²) in [5.41, 5.74) is 2.61. The van der Waals surface area contributed by atoms with Crippen LogP contribution in [0.1, 0.15) is 5.56 Å². The lowest BCUT2D eigenvalue weighted by molar-refractivity contribution is -0.782. The second-order valence-electron chi connectivity index (χ2n) is 3.91. The van der Waals surface area contributed by atoms with Gasteiger partial charge in [-0.15, -0.1) is 0 Å². The standard InChI is InChI=1S/C13H8BrN3O2/c14-10-2-4-11(5-3-10)15-8-9-1-6-13-12(7-9)16-19-17(13)18/h1-8H. The fourth-order valence-electron chi connectivity index (χ4n) is 1.65. The predicted octanol–water partition coefficient (Wildman–Crippen LogP) is 2.97. The second-order valence-corrected chi connectivity index (χ2v) is 4.83. The summed E-state index contributed by atoms with van der Waals surface area (Å²) in [6, 6.07) is 12.8. The summed E-state index contributed by atoms with van der Waals surface area (Å²) < 4.78 is 5.52. The van der Waals surface area contributed by atoms with Crippen LogP contribution in [0.2, 0.25) is 0 Å². The average Bonchev–Trinajstić information content (AvgIpc) is 2.79. The maximum Gasteiger partial charge on any atom is 0.249 e. The van der Waals surface area contributed by atoms with E-state index in [0.29, 0.717) is 15.9 Å². The van der Waals surface area contributed by atoms with E-state index in [2.05, 4.69) is 30.7 Å². The molecule has 1 heterocycles. The SMILES string of the molecule is [O-][n+]1onc2cc(C=Nc3ccc(Br)cc3)ccc21. The number of aliphatic imine (C=N–C) groups is 1. The number of rotatable bonds is 2. The fraction of sp³-hybridized carbons (Fsp3) is 0. The Bertz CT molecular complexity index is 750. The van der Waals surface area contributed by atoms with Crippen molar-refractivity contribution in [1.29, 1.82) is 0 Å². The summed E-state index contributed by atoms with van der Waals surface area (Å²) in [5.74, 6) is 0. The molecule has 94 valence electrons. The van der Waals surface area contributed by atoms with Crippen molar-refractivity contribution in [3.63, 3.8) is 0 Å². The van der Waals surface area contributed by atoms with Crippen LogP contribution < -0.4 is 4.90 Å². The highest BCUT2D eigenvalue weighted by molar-refractivity contribution is 9.10. The Labute approximate surface area is 116 Å². The van der Waals surface area contributed by atoms with Gasteiger partial charge in [0.05, 0.1) is 5.69 Å². The lowest BCUT2D eigenvalue weighted by Crippen LogP contribution is -2.22. The lowest BCUT2D eigenvalue weighted by Gasteiger charge is -1.94. The molecule has 5 nitrogen and oxygen atoms in total. The third-order valence-corrected chi connectivity index (χ3v) is 3.13. The van der Waals surface area contributed by atoms with Crippen LogP contribution in [0.3, 0.4) is 0 Å². The Kier molecular flexibility index (Phi) is 3.00. The first-order chi connectivity index (χ1) is 9.22. The van der Waals surface area contributed by atoms with Gasteiger partial charge in [-0.25, -0.2) is 0 Å². The van der Waals surface area contributed by atoms with Gasteiger partial charge in [-0.1, -0.05) is 15.9 Å². The Hall–Kier alpha value is -2.21. The predicted molar refractivity (Wildman–Crippen MR) is 74.4 cm³/mol. The second kappa shape index (κ2) is 4.81. The van der Waals surface area contributed by atoms with Crippen molar-refractivity contribution >= 4 is 38.9 Å². The van der Waals surface area contributed by atoms with Gasteiger partial charge in [0, 0.05) is 21.9 Å². The van der Waals surface area contributed by atoms with Gasteiger partial charge in [0.15, 0.2) is 0 Å². The Morgan fingerprint density at radius 3 is 2.79 bits per heavy atom. The highest BCUT2D eigenvalue weighted by Gasteiger charge is 2.08. The molecule has 0 aliphatic rings. The lowest BCUT2D eigenvalue weighted by atomic mass is 10.2. The van der Waals surface area contributed by atoms with Crippen LogP contribution in [0.15, 0.2) is 56.6 Å². The molecule has 6 heteroatoms. The summed E-state index contributed by atoms with van der Waals surface area (Å²) in [7, 11) is 0. The fourth-order valence-corrected chi connectivity index (χ4v) is 1.91. The van der Waals surface area contributed by atoms with Crippen LogP contribution in [0, 0.1) is 5.21 Å². The minimum Gasteiger partial charge on any atom is -0.359 e. The molecule has 0 saturated carbocycles. The van der Waals surface area contributed by atoms with E-state index >= 15 is 0 Å². The van der Waals surface area contributed by atoms with Gasteiger partial charge in [0.25, 0.3) is 0 Å². The molecule has 0 spiro atoms. The van der Waals surface area contributed by atoms with Crippen molar-refractivity contribution in [2.75, 3.05) is 0 Å². The summed E-state index contributed by atoms with van der Waals surface area (Å²) in [6.07, 6.45) is 1.71. The molecule has 0 amide bonds. The van der Waals surface area contributed by atoms with E-state index in [1.165, 1.54) is 0 Å². The summed E-state index contributed by atoms with van der Waals surface area (Å²) in [4.78, 5) is 4.72. The Morgan fingerprint density at radius 2 is 2.00 bits per heavy atom. The van der Waals surface area contributed by atoms with E-state index in [0.717, 1.165) is 15.7 Å². The van der Waals surface area contributed by atoms with E-state index in [-0.39, 0.29) is 0 Å². The van der Waals surface area contributed by atoms with Crippen LogP contribution in [0.4, 0.5) is 5.69 Å². The first-order valence-electron chi connectivity index (χ1n) is 5.51. The first-order valence-corrected chi connectivity index (χ1v) is 6.31. The van der Waals surface area contributed by atoms with Crippen LogP contribution in [-0.2, 0) is 0 Å². The van der Waals surface area contributed by atoms with Crippen LogP contribution >= 0.6 is 15.9 Å². The number of hydrogen-bond acceptors (Lipinski definition) is 4. The minimum atomic E-state index is 0.380. The van der Waals surface area contributed by atoms with Crippen LogP contribution in [0.5, 0.6) is 0 Å². The number of aromatic nitrogens is 2. The number of nitrogens with zero attached hydrogens (tertiary/aromatic N) is 3. The van der Waals surface area contributed by atoms with Gasteiger partial charge < -0.3 is 5.21 Å². The highest BCUT2D eigenvalue weighted by atomic mass is 79.9. The van der Waals surface area contributed by atoms with Crippen molar-refractivity contribution in [3.05, 3.63) is 57.7 Å². The molecule has 0 unspecified atom stereocenters. The van der Waals surface area contributed by atoms with E-state index in [1.807, 2.05) is 24.3 Å². The molecule has 3 rings (SSSR count). The molecular formula is C13H8BrN3O2. The average molecular weight is 318 g/mol. The highest BCUT2D eigenvalue weighted by Crippen LogP contribution is 2.17. The van der Waals surface area contributed by atoms with Gasteiger partial charge >= 0.3 is 0 Å². The normalized spacial score (nSPS) is 11.4. The molecule has 0 fully saturated rings. The minimum absolute atomic E-state index is 0.380. The third kappa shape index (κ3) is 2.48. The zero-order valence-electron chi connectivity index (χ0n) is 9.65. The van der Waals surface area contributed by atoms with E-state index < -0.39 is 0 Å². The number of benzene rings is 2. The van der Waals surface area contributed by atoms with E-state index in [9.17, 15) is 5.21 Å². The zero-order valence-corrected chi connectivity index (χ0v) is 11.2. The maximum atomic E-state index is 11.2. The van der Waals surface area contributed by atoms with Crippen molar-refractivity contribution in [3.8, 4) is 0 Å². The molecule has 1 aromatic heterocycles. The Morgan fingerprint density at radius 1 is 1.21 bits per heavy atom. The summed E-state index contributed by atoms with van der Waals surface area (Å²) in [6.45, 7) is 0. The third-order valence-electron chi connectivity index (χ3n) is 2.60.